The zero-order chi connectivity index (χ0) is 21.2. The van der Waals surface area contributed by atoms with Gasteiger partial charge in [-0.05, 0) is 12.1 Å². The first kappa shape index (κ1) is 21.4. The van der Waals surface area contributed by atoms with Crippen molar-refractivity contribution in [1.29, 1.82) is 0 Å². The summed E-state index contributed by atoms with van der Waals surface area (Å²) in [6.45, 7) is -0.392. The predicted molar refractivity (Wildman–Crippen MR) is 97.6 cm³/mol. The minimum Gasteiger partial charge on any atom is -0.459 e. The van der Waals surface area contributed by atoms with Crippen LogP contribution in [0.1, 0.15) is 20.7 Å². The van der Waals surface area contributed by atoms with E-state index >= 15 is 0 Å². The number of nitro groups is 2. The van der Waals surface area contributed by atoms with Gasteiger partial charge in [-0.1, -0.05) is 24.3 Å². The van der Waals surface area contributed by atoms with Gasteiger partial charge >= 0.3 is 11.9 Å². The molecule has 0 N–H and O–H groups in total. The van der Waals surface area contributed by atoms with Crippen LogP contribution in [0, 0.1) is 20.2 Å². The number of carbonyl (C=O) groups is 2. The summed E-state index contributed by atoms with van der Waals surface area (Å²) in [6, 6.07) is 10.8. The van der Waals surface area contributed by atoms with E-state index in [1.165, 1.54) is 48.5 Å². The van der Waals surface area contributed by atoms with Crippen molar-refractivity contribution in [3.63, 3.8) is 0 Å². The van der Waals surface area contributed by atoms with Crippen LogP contribution in [-0.2, 0) is 14.2 Å². The highest BCUT2D eigenvalue weighted by molar-refractivity contribution is 5.94. The summed E-state index contributed by atoms with van der Waals surface area (Å²) in [7, 11) is 0. The molecule has 2 rings (SSSR count). The van der Waals surface area contributed by atoms with Gasteiger partial charge in [-0.15, -0.1) is 0 Å². The Bertz CT molecular complexity index is 840. The lowest BCUT2D eigenvalue weighted by molar-refractivity contribution is -0.385. The van der Waals surface area contributed by atoms with Gasteiger partial charge < -0.3 is 14.2 Å². The molecule has 152 valence electrons. The van der Waals surface area contributed by atoms with E-state index in [2.05, 4.69) is 0 Å². The topological polar surface area (TPSA) is 148 Å². The molecule has 0 unspecified atom stereocenters. The van der Waals surface area contributed by atoms with E-state index in [0.29, 0.717) is 0 Å². The molecule has 0 amide bonds. The molecular weight excluding hydrogens is 388 g/mol. The van der Waals surface area contributed by atoms with Crippen LogP contribution < -0.4 is 0 Å². The van der Waals surface area contributed by atoms with E-state index < -0.39 is 21.8 Å². The Morgan fingerprint density at radius 1 is 0.690 bits per heavy atom. The number of esters is 2. The van der Waals surface area contributed by atoms with Crippen LogP contribution in [0.4, 0.5) is 11.4 Å². The fraction of sp³-hybridized carbons (Fsp3) is 0.222. The summed E-state index contributed by atoms with van der Waals surface area (Å²) in [5.74, 6) is -1.72. The van der Waals surface area contributed by atoms with Crippen molar-refractivity contribution >= 4 is 23.3 Å². The van der Waals surface area contributed by atoms with Gasteiger partial charge in [-0.25, -0.2) is 9.59 Å². The predicted octanol–water partition coefficient (Wildman–Crippen LogP) is 2.53. The van der Waals surface area contributed by atoms with Crippen molar-refractivity contribution in [2.75, 3.05) is 26.4 Å². The Balaban J connectivity index is 1.69. The van der Waals surface area contributed by atoms with E-state index in [4.69, 9.17) is 14.2 Å². The molecule has 0 aliphatic heterocycles. The fourth-order valence-electron chi connectivity index (χ4n) is 2.26. The van der Waals surface area contributed by atoms with Crippen LogP contribution in [0.3, 0.4) is 0 Å². The number of hydrogen-bond acceptors (Lipinski definition) is 9. The number of benzene rings is 2. The molecule has 0 atom stereocenters. The number of ether oxygens (including phenoxy) is 3. The molecule has 2 aromatic rings. The van der Waals surface area contributed by atoms with E-state index in [0.717, 1.165) is 0 Å². The average molecular weight is 404 g/mol. The number of hydrogen-bond donors (Lipinski definition) is 0. The van der Waals surface area contributed by atoms with Crippen LogP contribution in [0.2, 0.25) is 0 Å². The molecule has 0 saturated carbocycles. The monoisotopic (exact) mass is 404 g/mol. The Kier molecular flexibility index (Phi) is 7.74. The molecular formula is C18H16N2O9. The molecule has 11 nitrogen and oxygen atoms in total. The third-order valence-corrected chi connectivity index (χ3v) is 3.56. The summed E-state index contributed by atoms with van der Waals surface area (Å²) < 4.78 is 15.0. The highest BCUT2D eigenvalue weighted by atomic mass is 16.6. The average Bonchev–Trinajstić information content (AvgIpc) is 2.72. The second-order valence-corrected chi connectivity index (χ2v) is 5.43. The van der Waals surface area contributed by atoms with E-state index in [1.807, 2.05) is 0 Å². The van der Waals surface area contributed by atoms with Gasteiger partial charge in [0.1, 0.15) is 24.3 Å². The van der Waals surface area contributed by atoms with Gasteiger partial charge in [0.2, 0.25) is 0 Å². The van der Waals surface area contributed by atoms with Crippen LogP contribution in [0.25, 0.3) is 0 Å². The largest absolute Gasteiger partial charge is 0.459 e. The summed E-state index contributed by atoms with van der Waals surface area (Å²) in [4.78, 5) is 44.2. The minimum absolute atomic E-state index is 0.0323. The molecule has 29 heavy (non-hydrogen) atoms. The van der Waals surface area contributed by atoms with Crippen molar-refractivity contribution < 1.29 is 33.6 Å². The lowest BCUT2D eigenvalue weighted by atomic mass is 10.2. The lowest BCUT2D eigenvalue weighted by Crippen LogP contribution is -2.15. The SMILES string of the molecule is O=C(OCCOCCOC(=O)c1ccccc1[N+](=O)[O-])c1ccccc1[N+](=O)[O-]. The number of rotatable bonds is 10. The molecule has 0 spiro atoms. The summed E-state index contributed by atoms with van der Waals surface area (Å²) in [5, 5.41) is 21.8. The molecule has 0 saturated heterocycles. The third-order valence-electron chi connectivity index (χ3n) is 3.56. The lowest BCUT2D eigenvalue weighted by Gasteiger charge is -2.07. The van der Waals surface area contributed by atoms with Crippen molar-refractivity contribution in [2.45, 2.75) is 0 Å². The van der Waals surface area contributed by atoms with Crippen LogP contribution in [0.15, 0.2) is 48.5 Å². The number of para-hydroxylation sites is 2. The highest BCUT2D eigenvalue weighted by Gasteiger charge is 2.21. The van der Waals surface area contributed by atoms with Crippen LogP contribution in [-0.4, -0.2) is 48.2 Å². The first-order chi connectivity index (χ1) is 13.9. The quantitative estimate of drug-likeness (QED) is 0.252. The molecule has 0 heterocycles. The zero-order valence-corrected chi connectivity index (χ0v) is 15.0. The number of carbonyl (C=O) groups excluding carboxylic acids is 2. The maximum atomic E-state index is 11.9. The molecule has 11 heteroatoms. The van der Waals surface area contributed by atoms with Gasteiger partial charge in [0.15, 0.2) is 0 Å². The van der Waals surface area contributed by atoms with Crippen molar-refractivity contribution in [3.05, 3.63) is 79.9 Å². The first-order valence-electron chi connectivity index (χ1n) is 8.30. The second-order valence-electron chi connectivity index (χ2n) is 5.43. The molecule has 0 aliphatic carbocycles. The maximum Gasteiger partial charge on any atom is 0.345 e. The van der Waals surface area contributed by atoms with E-state index in [1.54, 1.807) is 0 Å². The fourth-order valence-corrected chi connectivity index (χ4v) is 2.26. The second kappa shape index (κ2) is 10.5. The summed E-state index contributed by atoms with van der Waals surface area (Å²) in [6.07, 6.45) is 0. The summed E-state index contributed by atoms with van der Waals surface area (Å²) in [5.41, 5.74) is -1.06. The van der Waals surface area contributed by atoms with Gasteiger partial charge in [-0.2, -0.15) is 0 Å². The molecule has 0 aliphatic rings. The molecule has 0 bridgehead atoms. The van der Waals surface area contributed by atoms with Crippen LogP contribution >= 0.6 is 0 Å². The van der Waals surface area contributed by atoms with Crippen molar-refractivity contribution in [2.24, 2.45) is 0 Å². The summed E-state index contributed by atoms with van der Waals surface area (Å²) >= 11 is 0. The van der Waals surface area contributed by atoms with Crippen molar-refractivity contribution in [1.82, 2.24) is 0 Å². The van der Waals surface area contributed by atoms with Gasteiger partial charge in [0, 0.05) is 12.1 Å². The standard InChI is InChI=1S/C18H16N2O9/c21-17(13-5-1-3-7-15(13)19(23)24)28-11-9-27-10-12-29-18(22)14-6-2-4-8-16(14)20(25)26/h1-8H,9-12H2. The van der Waals surface area contributed by atoms with Crippen LogP contribution in [0.5, 0.6) is 0 Å². The maximum absolute atomic E-state index is 11.9. The number of nitro benzene ring substituents is 2. The Morgan fingerprint density at radius 3 is 1.45 bits per heavy atom. The van der Waals surface area contributed by atoms with Gasteiger partial charge in [0.25, 0.3) is 11.4 Å². The Morgan fingerprint density at radius 2 is 1.07 bits per heavy atom. The zero-order valence-electron chi connectivity index (χ0n) is 15.0. The third kappa shape index (κ3) is 6.07. The van der Waals surface area contributed by atoms with Crippen molar-refractivity contribution in [3.8, 4) is 0 Å². The minimum atomic E-state index is -0.858. The van der Waals surface area contributed by atoms with E-state index in [9.17, 15) is 29.8 Å². The van der Waals surface area contributed by atoms with Gasteiger partial charge in [0.05, 0.1) is 23.1 Å². The number of nitrogens with zero attached hydrogens (tertiary/aromatic N) is 2. The Labute approximate surface area is 164 Å². The molecule has 0 fully saturated rings. The normalized spacial score (nSPS) is 10.2. The molecule has 2 aromatic carbocycles. The smallest absolute Gasteiger partial charge is 0.345 e. The van der Waals surface area contributed by atoms with E-state index in [-0.39, 0.29) is 48.9 Å². The highest BCUT2D eigenvalue weighted by Crippen LogP contribution is 2.19. The molecule has 0 radical (unpaired) electrons. The van der Waals surface area contributed by atoms with Gasteiger partial charge in [-0.3, -0.25) is 20.2 Å². The first-order valence-corrected chi connectivity index (χ1v) is 8.30. The molecule has 0 aromatic heterocycles. The Hall–Kier alpha value is -3.86.